The number of hydrogen-bond donors (Lipinski definition) is 1. The molecule has 0 atom stereocenters. The van der Waals surface area contributed by atoms with Crippen molar-refractivity contribution in [1.29, 1.82) is 0 Å². The summed E-state index contributed by atoms with van der Waals surface area (Å²) in [5.41, 5.74) is 2.70. The number of benzene rings is 2. The van der Waals surface area contributed by atoms with Crippen molar-refractivity contribution in [2.75, 3.05) is 42.9 Å². The van der Waals surface area contributed by atoms with Gasteiger partial charge >= 0.3 is 0 Å². The van der Waals surface area contributed by atoms with E-state index in [1.807, 2.05) is 42.6 Å². The molecule has 4 rings (SSSR count). The van der Waals surface area contributed by atoms with E-state index < -0.39 is 0 Å². The molecule has 2 aromatic carbocycles. The summed E-state index contributed by atoms with van der Waals surface area (Å²) >= 11 is 12.2. The Labute approximate surface area is 173 Å². The highest BCUT2D eigenvalue weighted by atomic mass is 35.5. The Morgan fingerprint density at radius 3 is 2.61 bits per heavy atom. The summed E-state index contributed by atoms with van der Waals surface area (Å²) in [6.07, 6.45) is 1.82. The molecule has 144 valence electrons. The van der Waals surface area contributed by atoms with Crippen molar-refractivity contribution >= 4 is 51.4 Å². The van der Waals surface area contributed by atoms with Crippen LogP contribution in [0.2, 0.25) is 10.0 Å². The lowest BCUT2D eigenvalue weighted by Crippen LogP contribution is -2.48. The number of nitrogens with one attached hydrogen (secondary N) is 1. The zero-order valence-electron chi connectivity index (χ0n) is 15.2. The van der Waals surface area contributed by atoms with Gasteiger partial charge in [0, 0.05) is 48.5 Å². The fourth-order valence-corrected chi connectivity index (χ4v) is 3.83. The van der Waals surface area contributed by atoms with Gasteiger partial charge in [-0.05, 0) is 36.4 Å². The van der Waals surface area contributed by atoms with Crippen LogP contribution in [0.3, 0.4) is 0 Å². The van der Waals surface area contributed by atoms with Gasteiger partial charge in [0.2, 0.25) is 5.91 Å². The summed E-state index contributed by atoms with van der Waals surface area (Å²) in [5.74, 6) is -0.0504. The van der Waals surface area contributed by atoms with E-state index in [9.17, 15) is 4.79 Å². The van der Waals surface area contributed by atoms with E-state index in [0.717, 1.165) is 42.8 Å². The van der Waals surface area contributed by atoms with Crippen LogP contribution in [0.1, 0.15) is 0 Å². The van der Waals surface area contributed by atoms with E-state index in [4.69, 9.17) is 23.2 Å². The van der Waals surface area contributed by atoms with Crippen LogP contribution in [0.5, 0.6) is 0 Å². The number of nitrogens with zero attached hydrogens (tertiary/aromatic N) is 3. The third-order valence-corrected chi connectivity index (χ3v) is 5.47. The first-order valence-corrected chi connectivity index (χ1v) is 9.92. The van der Waals surface area contributed by atoms with Gasteiger partial charge in [0.25, 0.3) is 0 Å². The van der Waals surface area contributed by atoms with E-state index in [1.54, 1.807) is 12.1 Å². The lowest BCUT2D eigenvalue weighted by atomic mass is 10.1. The number of halogens is 2. The van der Waals surface area contributed by atoms with Crippen LogP contribution in [-0.4, -0.2) is 48.5 Å². The minimum atomic E-state index is -0.0504. The topological polar surface area (TPSA) is 48.5 Å². The fraction of sp³-hybridized carbons (Fsp3) is 0.238. The molecule has 1 aliphatic rings. The molecule has 1 saturated heterocycles. The number of pyridine rings is 1. The van der Waals surface area contributed by atoms with Gasteiger partial charge in [0.1, 0.15) is 0 Å². The maximum absolute atomic E-state index is 12.3. The number of carbonyl (C=O) groups excluding carboxylic acids is 1. The Hall–Kier alpha value is -2.34. The Morgan fingerprint density at radius 2 is 1.82 bits per heavy atom. The number of anilines is 2. The van der Waals surface area contributed by atoms with Crippen molar-refractivity contribution in [2.24, 2.45) is 0 Å². The highest BCUT2D eigenvalue weighted by molar-refractivity contribution is 6.33. The minimum absolute atomic E-state index is 0.0504. The molecule has 5 nitrogen and oxygen atoms in total. The Bertz CT molecular complexity index is 1000. The number of para-hydroxylation sites is 1. The molecule has 1 fully saturated rings. The number of hydrogen-bond acceptors (Lipinski definition) is 4. The van der Waals surface area contributed by atoms with Gasteiger partial charge in [0.15, 0.2) is 0 Å². The zero-order chi connectivity index (χ0) is 19.5. The lowest BCUT2D eigenvalue weighted by molar-refractivity contribution is -0.117. The van der Waals surface area contributed by atoms with Gasteiger partial charge < -0.3 is 10.2 Å². The normalized spacial score (nSPS) is 15.0. The smallest absolute Gasteiger partial charge is 0.238 e. The standard InChI is InChI=1S/C21H20Cl2N4O/c22-15-5-6-16-19(13-15)24-8-7-20(16)27-11-9-26(10-12-27)14-21(28)25-18-4-2-1-3-17(18)23/h1-8,13H,9-12,14H2,(H,25,28). The summed E-state index contributed by atoms with van der Waals surface area (Å²) in [7, 11) is 0. The zero-order valence-corrected chi connectivity index (χ0v) is 16.7. The monoisotopic (exact) mass is 414 g/mol. The average molecular weight is 415 g/mol. The van der Waals surface area contributed by atoms with Crippen molar-refractivity contribution < 1.29 is 4.79 Å². The Morgan fingerprint density at radius 1 is 1.04 bits per heavy atom. The van der Waals surface area contributed by atoms with Crippen molar-refractivity contribution in [3.63, 3.8) is 0 Å². The molecule has 0 saturated carbocycles. The summed E-state index contributed by atoms with van der Waals surface area (Å²) in [6, 6.07) is 15.1. The molecule has 1 aliphatic heterocycles. The SMILES string of the molecule is O=C(CN1CCN(c2ccnc3cc(Cl)ccc23)CC1)Nc1ccccc1Cl. The van der Waals surface area contributed by atoms with Gasteiger partial charge in [0.05, 0.1) is 22.8 Å². The van der Waals surface area contributed by atoms with E-state index in [1.165, 1.54) is 0 Å². The molecular weight excluding hydrogens is 395 g/mol. The number of aromatic nitrogens is 1. The first kappa shape index (κ1) is 19.0. The third kappa shape index (κ3) is 4.22. The van der Waals surface area contributed by atoms with E-state index in [-0.39, 0.29) is 5.91 Å². The summed E-state index contributed by atoms with van der Waals surface area (Å²) in [4.78, 5) is 21.2. The molecule has 1 aromatic heterocycles. The summed E-state index contributed by atoms with van der Waals surface area (Å²) < 4.78 is 0. The molecule has 0 bridgehead atoms. The Kier molecular flexibility index (Phi) is 5.67. The van der Waals surface area contributed by atoms with Crippen molar-refractivity contribution in [1.82, 2.24) is 9.88 Å². The van der Waals surface area contributed by atoms with Crippen LogP contribution < -0.4 is 10.2 Å². The van der Waals surface area contributed by atoms with Crippen molar-refractivity contribution in [2.45, 2.75) is 0 Å². The molecule has 1 N–H and O–H groups in total. The number of carbonyl (C=O) groups is 1. The molecule has 3 aromatic rings. The maximum Gasteiger partial charge on any atom is 0.238 e. The Balaban J connectivity index is 1.37. The van der Waals surface area contributed by atoms with E-state index >= 15 is 0 Å². The van der Waals surface area contributed by atoms with Crippen LogP contribution in [-0.2, 0) is 4.79 Å². The summed E-state index contributed by atoms with van der Waals surface area (Å²) in [6.45, 7) is 3.68. The highest BCUT2D eigenvalue weighted by Crippen LogP contribution is 2.28. The van der Waals surface area contributed by atoms with Crippen LogP contribution in [0, 0.1) is 0 Å². The molecule has 2 heterocycles. The largest absolute Gasteiger partial charge is 0.368 e. The lowest BCUT2D eigenvalue weighted by Gasteiger charge is -2.36. The second-order valence-electron chi connectivity index (χ2n) is 6.78. The van der Waals surface area contributed by atoms with Gasteiger partial charge in [-0.25, -0.2) is 0 Å². The number of amides is 1. The number of rotatable bonds is 4. The molecule has 1 amide bonds. The van der Waals surface area contributed by atoms with Crippen LogP contribution in [0.15, 0.2) is 54.7 Å². The maximum atomic E-state index is 12.3. The molecule has 28 heavy (non-hydrogen) atoms. The van der Waals surface area contributed by atoms with Gasteiger partial charge in [-0.15, -0.1) is 0 Å². The molecule has 0 aliphatic carbocycles. The summed E-state index contributed by atoms with van der Waals surface area (Å²) in [5, 5.41) is 5.21. The molecule has 0 spiro atoms. The van der Waals surface area contributed by atoms with Crippen LogP contribution >= 0.6 is 23.2 Å². The van der Waals surface area contributed by atoms with Gasteiger partial charge in [-0.3, -0.25) is 14.7 Å². The second kappa shape index (κ2) is 8.35. The minimum Gasteiger partial charge on any atom is -0.368 e. The molecule has 0 unspecified atom stereocenters. The first-order chi connectivity index (χ1) is 13.6. The quantitative estimate of drug-likeness (QED) is 0.690. The van der Waals surface area contributed by atoms with Crippen LogP contribution in [0.4, 0.5) is 11.4 Å². The predicted molar refractivity (Wildman–Crippen MR) is 115 cm³/mol. The highest BCUT2D eigenvalue weighted by Gasteiger charge is 2.21. The second-order valence-corrected chi connectivity index (χ2v) is 7.63. The average Bonchev–Trinajstić information content (AvgIpc) is 2.70. The van der Waals surface area contributed by atoms with E-state index in [0.29, 0.717) is 22.3 Å². The van der Waals surface area contributed by atoms with Gasteiger partial charge in [-0.1, -0.05) is 35.3 Å². The number of fused-ring (bicyclic) bond motifs is 1. The fourth-order valence-electron chi connectivity index (χ4n) is 3.48. The number of piperazine rings is 1. The van der Waals surface area contributed by atoms with Crippen molar-refractivity contribution in [3.05, 3.63) is 64.8 Å². The molecular formula is C21H20Cl2N4O. The van der Waals surface area contributed by atoms with Crippen molar-refractivity contribution in [3.8, 4) is 0 Å². The third-order valence-electron chi connectivity index (χ3n) is 4.91. The predicted octanol–water partition coefficient (Wildman–Crippen LogP) is 4.30. The molecule has 0 radical (unpaired) electrons. The van der Waals surface area contributed by atoms with Gasteiger partial charge in [-0.2, -0.15) is 0 Å². The van der Waals surface area contributed by atoms with Crippen LogP contribution in [0.25, 0.3) is 10.9 Å². The molecule has 7 heteroatoms. The van der Waals surface area contributed by atoms with E-state index in [2.05, 4.69) is 20.1 Å². The first-order valence-electron chi connectivity index (χ1n) is 9.16.